The first kappa shape index (κ1) is 14.1. The van der Waals surface area contributed by atoms with E-state index in [0.29, 0.717) is 5.82 Å². The van der Waals surface area contributed by atoms with Crippen LogP contribution in [0.15, 0.2) is 29.2 Å². The third-order valence-electron chi connectivity index (χ3n) is 3.00. The third-order valence-corrected chi connectivity index (χ3v) is 4.36. The lowest BCUT2D eigenvalue weighted by atomic mass is 10.2. The molecule has 0 bridgehead atoms. The van der Waals surface area contributed by atoms with Crippen molar-refractivity contribution in [3.05, 3.63) is 41.1 Å². The Morgan fingerprint density at radius 3 is 2.45 bits per heavy atom. The number of hydrogen-bond donors (Lipinski definition) is 2. The van der Waals surface area contributed by atoms with E-state index < -0.39 is 10.0 Å². The van der Waals surface area contributed by atoms with Gasteiger partial charge in [0.15, 0.2) is 5.82 Å². The Balaban J connectivity index is 2.26. The molecular formula is C13H14N4O2S. The normalized spacial score (nSPS) is 11.1. The summed E-state index contributed by atoms with van der Waals surface area (Å²) < 4.78 is 26.8. The second kappa shape index (κ2) is 5.35. The van der Waals surface area contributed by atoms with Crippen molar-refractivity contribution in [2.24, 2.45) is 0 Å². The van der Waals surface area contributed by atoms with Crippen molar-refractivity contribution in [2.45, 2.75) is 25.2 Å². The maximum absolute atomic E-state index is 12.2. The lowest BCUT2D eigenvalue weighted by Gasteiger charge is -2.06. The summed E-state index contributed by atoms with van der Waals surface area (Å²) in [5.41, 5.74) is 2.35. The number of nitrogens with one attached hydrogen (secondary N) is 2. The monoisotopic (exact) mass is 290 g/mol. The molecule has 20 heavy (non-hydrogen) atoms. The number of anilines is 1. The number of hydrogen-bond acceptors (Lipinski definition) is 4. The van der Waals surface area contributed by atoms with Gasteiger partial charge in [-0.25, -0.2) is 8.42 Å². The van der Waals surface area contributed by atoms with Gasteiger partial charge >= 0.3 is 0 Å². The lowest BCUT2D eigenvalue weighted by molar-refractivity contribution is 0.601. The zero-order valence-electron chi connectivity index (χ0n) is 11.1. The summed E-state index contributed by atoms with van der Waals surface area (Å²) in [4.78, 5) is 0.138. The molecule has 0 radical (unpaired) electrons. The van der Waals surface area contributed by atoms with E-state index in [4.69, 9.17) is 5.26 Å². The molecule has 0 aliphatic carbocycles. The molecule has 2 rings (SSSR count). The molecule has 0 unspecified atom stereocenters. The topological polar surface area (TPSA) is 98.6 Å². The highest BCUT2D eigenvalue weighted by Gasteiger charge is 2.17. The zero-order valence-corrected chi connectivity index (χ0v) is 12.0. The van der Waals surface area contributed by atoms with Gasteiger partial charge in [0.05, 0.1) is 17.4 Å². The van der Waals surface area contributed by atoms with E-state index in [0.717, 1.165) is 16.8 Å². The fourth-order valence-corrected chi connectivity index (χ4v) is 2.71. The molecule has 0 saturated carbocycles. The molecule has 1 aromatic carbocycles. The summed E-state index contributed by atoms with van der Waals surface area (Å²) in [6.07, 6.45) is 0.255. The smallest absolute Gasteiger partial charge is 0.263 e. The molecule has 0 saturated heterocycles. The molecule has 0 aliphatic rings. The first-order valence-corrected chi connectivity index (χ1v) is 7.42. The van der Waals surface area contributed by atoms with E-state index in [-0.39, 0.29) is 11.3 Å². The summed E-state index contributed by atoms with van der Waals surface area (Å²) in [5.74, 6) is 0.295. The highest BCUT2D eigenvalue weighted by atomic mass is 32.2. The number of aromatic nitrogens is 2. The van der Waals surface area contributed by atoms with E-state index in [1.165, 1.54) is 12.1 Å². The third kappa shape index (κ3) is 2.81. The van der Waals surface area contributed by atoms with Crippen LogP contribution in [0, 0.1) is 25.2 Å². The standard InChI is InChI=1S/C13H14N4O2S/c1-9-10(2)15-16-13(9)17-20(18,19)12-5-3-11(4-6-12)7-8-14/h3-6H,7H2,1-2H3,(H2,15,16,17). The Labute approximate surface area is 117 Å². The fraction of sp³-hybridized carbons (Fsp3) is 0.231. The quantitative estimate of drug-likeness (QED) is 0.898. The van der Waals surface area contributed by atoms with E-state index >= 15 is 0 Å². The van der Waals surface area contributed by atoms with Crippen molar-refractivity contribution < 1.29 is 8.42 Å². The van der Waals surface area contributed by atoms with Gasteiger partial charge in [-0.2, -0.15) is 10.4 Å². The van der Waals surface area contributed by atoms with Crippen molar-refractivity contribution in [3.63, 3.8) is 0 Å². The van der Waals surface area contributed by atoms with Gasteiger partial charge in [0.1, 0.15) is 0 Å². The van der Waals surface area contributed by atoms with Gasteiger partial charge in [0.2, 0.25) is 0 Å². The van der Waals surface area contributed by atoms with Crippen LogP contribution in [-0.2, 0) is 16.4 Å². The molecule has 0 fully saturated rings. The predicted molar refractivity (Wildman–Crippen MR) is 74.6 cm³/mol. The molecule has 1 aromatic heterocycles. The Bertz CT molecular complexity index is 755. The van der Waals surface area contributed by atoms with Crippen molar-refractivity contribution in [2.75, 3.05) is 4.72 Å². The molecule has 104 valence electrons. The number of nitrogens with zero attached hydrogens (tertiary/aromatic N) is 2. The first-order chi connectivity index (χ1) is 9.44. The summed E-state index contributed by atoms with van der Waals surface area (Å²) in [7, 11) is -3.67. The van der Waals surface area contributed by atoms with Crippen molar-refractivity contribution in [1.29, 1.82) is 5.26 Å². The average molecular weight is 290 g/mol. The van der Waals surface area contributed by atoms with Gasteiger partial charge in [-0.3, -0.25) is 9.82 Å². The zero-order chi connectivity index (χ0) is 14.8. The van der Waals surface area contributed by atoms with Crippen molar-refractivity contribution in [1.82, 2.24) is 10.2 Å². The number of benzene rings is 1. The number of aryl methyl sites for hydroxylation is 1. The lowest BCUT2D eigenvalue weighted by Crippen LogP contribution is -2.14. The highest BCUT2D eigenvalue weighted by molar-refractivity contribution is 7.92. The highest BCUT2D eigenvalue weighted by Crippen LogP contribution is 2.19. The predicted octanol–water partition coefficient (Wildman–Crippen LogP) is 1.89. The number of nitriles is 1. The molecule has 0 spiro atoms. The van der Waals surface area contributed by atoms with Crippen molar-refractivity contribution in [3.8, 4) is 6.07 Å². The largest absolute Gasteiger partial charge is 0.280 e. The van der Waals surface area contributed by atoms with Crippen molar-refractivity contribution >= 4 is 15.8 Å². The minimum absolute atomic E-state index is 0.138. The molecule has 7 heteroatoms. The Morgan fingerprint density at radius 2 is 1.95 bits per heavy atom. The number of H-pyrrole nitrogens is 1. The van der Waals surface area contributed by atoms with Crippen LogP contribution in [0.5, 0.6) is 0 Å². The van der Waals surface area contributed by atoms with Gasteiger partial charge in [-0.05, 0) is 31.5 Å². The molecule has 6 nitrogen and oxygen atoms in total. The van der Waals surface area contributed by atoms with Crippen LogP contribution < -0.4 is 4.72 Å². The van der Waals surface area contributed by atoms with Gasteiger partial charge in [-0.15, -0.1) is 0 Å². The molecule has 2 N–H and O–H groups in total. The van der Waals surface area contributed by atoms with Crippen LogP contribution in [0.1, 0.15) is 16.8 Å². The molecular weight excluding hydrogens is 276 g/mol. The minimum atomic E-state index is -3.67. The SMILES string of the molecule is Cc1[nH]nc(NS(=O)(=O)c2ccc(CC#N)cc2)c1C. The Hall–Kier alpha value is -2.33. The van der Waals surface area contributed by atoms with E-state index in [1.54, 1.807) is 19.1 Å². The van der Waals surface area contributed by atoms with Crippen LogP contribution in [0.2, 0.25) is 0 Å². The molecule has 1 heterocycles. The first-order valence-electron chi connectivity index (χ1n) is 5.94. The van der Waals surface area contributed by atoms with Crippen LogP contribution in [-0.4, -0.2) is 18.6 Å². The average Bonchev–Trinajstić information content (AvgIpc) is 2.71. The van der Waals surface area contributed by atoms with Gasteiger partial charge < -0.3 is 0 Å². The number of aromatic amines is 1. The maximum Gasteiger partial charge on any atom is 0.263 e. The molecule has 0 aliphatic heterocycles. The molecule has 0 atom stereocenters. The van der Waals surface area contributed by atoms with E-state index in [1.807, 2.05) is 13.0 Å². The second-order valence-corrected chi connectivity index (χ2v) is 6.09. The van der Waals surface area contributed by atoms with E-state index in [9.17, 15) is 8.42 Å². The van der Waals surface area contributed by atoms with Gasteiger partial charge in [0, 0.05) is 11.3 Å². The van der Waals surface area contributed by atoms with Crippen LogP contribution in [0.25, 0.3) is 0 Å². The fourth-order valence-electron chi connectivity index (χ4n) is 1.65. The molecule has 2 aromatic rings. The maximum atomic E-state index is 12.2. The summed E-state index contributed by atoms with van der Waals surface area (Å²) >= 11 is 0. The number of sulfonamides is 1. The molecule has 0 amide bonds. The number of rotatable bonds is 4. The van der Waals surface area contributed by atoms with Gasteiger partial charge in [-0.1, -0.05) is 12.1 Å². The summed E-state index contributed by atoms with van der Waals surface area (Å²) in [6.45, 7) is 3.60. The second-order valence-electron chi connectivity index (χ2n) is 4.41. The summed E-state index contributed by atoms with van der Waals surface area (Å²) in [5, 5.41) is 15.2. The Morgan fingerprint density at radius 1 is 1.30 bits per heavy atom. The Kier molecular flexibility index (Phi) is 3.77. The van der Waals surface area contributed by atoms with E-state index in [2.05, 4.69) is 14.9 Å². The van der Waals surface area contributed by atoms with Crippen LogP contribution in [0.4, 0.5) is 5.82 Å². The minimum Gasteiger partial charge on any atom is -0.280 e. The summed E-state index contributed by atoms with van der Waals surface area (Å²) in [6, 6.07) is 8.22. The van der Waals surface area contributed by atoms with Crippen LogP contribution in [0.3, 0.4) is 0 Å². The van der Waals surface area contributed by atoms with Crippen LogP contribution >= 0.6 is 0 Å². The van der Waals surface area contributed by atoms with Gasteiger partial charge in [0.25, 0.3) is 10.0 Å².